The number of hydrogen-bond acceptors (Lipinski definition) is 5. The highest BCUT2D eigenvalue weighted by molar-refractivity contribution is 6.30. The Kier molecular flexibility index (Phi) is 6.74. The molecule has 3 N–H and O–H groups in total. The number of carbonyl (C=O) groups is 2. The van der Waals surface area contributed by atoms with Crippen LogP contribution in [0.4, 0.5) is 4.39 Å². The highest BCUT2D eigenvalue weighted by Crippen LogP contribution is 2.54. The number of nitrogens with zero attached hydrogens (tertiary/aromatic N) is 2. The van der Waals surface area contributed by atoms with Crippen molar-refractivity contribution < 1.29 is 23.8 Å². The molecule has 0 bridgehead atoms. The lowest BCUT2D eigenvalue weighted by atomic mass is 9.88. The van der Waals surface area contributed by atoms with Crippen LogP contribution in [-0.4, -0.2) is 33.4 Å². The number of carbonyl (C=O) groups excluding carboxylic acids is 2. The van der Waals surface area contributed by atoms with Crippen molar-refractivity contribution in [2.24, 2.45) is 11.1 Å². The van der Waals surface area contributed by atoms with Crippen molar-refractivity contribution in [2.75, 3.05) is 6.61 Å². The van der Waals surface area contributed by atoms with Gasteiger partial charge in [-0.05, 0) is 75.6 Å². The van der Waals surface area contributed by atoms with E-state index in [1.807, 2.05) is 0 Å². The molecule has 204 valence electrons. The molecule has 0 spiro atoms. The van der Waals surface area contributed by atoms with E-state index < -0.39 is 40.4 Å². The van der Waals surface area contributed by atoms with Gasteiger partial charge in [0.1, 0.15) is 5.82 Å². The minimum atomic E-state index is -1.80. The quantitative estimate of drug-likeness (QED) is 0.373. The van der Waals surface area contributed by atoms with Crippen molar-refractivity contribution in [1.29, 1.82) is 0 Å². The Balaban J connectivity index is 1.79. The van der Waals surface area contributed by atoms with E-state index in [9.17, 15) is 14.7 Å². The Morgan fingerprint density at radius 3 is 2.36 bits per heavy atom. The lowest BCUT2D eigenvalue weighted by Crippen LogP contribution is -2.50. The zero-order chi connectivity index (χ0) is 28.3. The molecule has 2 heterocycles. The first-order valence-electron chi connectivity index (χ1n) is 12.5. The number of fused-ring (bicyclic) bond motifs is 1. The summed E-state index contributed by atoms with van der Waals surface area (Å²) in [6, 6.07) is 11.9. The summed E-state index contributed by atoms with van der Waals surface area (Å²) in [6.45, 7) is 4.64. The second-order valence-electron chi connectivity index (χ2n) is 10.8. The van der Waals surface area contributed by atoms with Crippen molar-refractivity contribution in [1.82, 2.24) is 9.88 Å². The van der Waals surface area contributed by atoms with Gasteiger partial charge in [-0.2, -0.15) is 0 Å². The predicted molar refractivity (Wildman–Crippen MR) is 145 cm³/mol. The van der Waals surface area contributed by atoms with Crippen LogP contribution in [0.2, 0.25) is 10.0 Å². The van der Waals surface area contributed by atoms with Crippen LogP contribution in [0.3, 0.4) is 0 Å². The van der Waals surface area contributed by atoms with E-state index in [0.29, 0.717) is 34.1 Å². The van der Waals surface area contributed by atoms with Gasteiger partial charge >= 0.3 is 0 Å². The monoisotopic (exact) mass is 571 g/mol. The maximum absolute atomic E-state index is 16.3. The minimum absolute atomic E-state index is 0.0242. The standard InChI is InChI=1S/C29H28Cl2FN3O4/c1-16(23-9-8-20(31)14-34-23)35-25(36)21-12-18(27(2,3)38)13-22(32)24(21)29(35,17-4-6-19(30)7-5-17)39-15-28(10-11-28)26(33)37/h4-9,12-14,16,38H,10-11,15H2,1-3H3,(H2,33,37)/t16?,29-/m1/s1. The summed E-state index contributed by atoms with van der Waals surface area (Å²) < 4.78 is 22.9. The number of pyridine rings is 1. The maximum atomic E-state index is 16.3. The van der Waals surface area contributed by atoms with Crippen LogP contribution in [0.5, 0.6) is 0 Å². The normalized spacial score (nSPS) is 20.6. The fraction of sp³-hybridized carbons (Fsp3) is 0.345. The number of benzene rings is 2. The molecule has 2 aliphatic rings. The fourth-order valence-electron chi connectivity index (χ4n) is 5.12. The number of amides is 2. The molecular formula is C29H28Cl2FN3O4. The highest BCUT2D eigenvalue weighted by Gasteiger charge is 2.59. The Morgan fingerprint density at radius 2 is 1.82 bits per heavy atom. The molecule has 7 nitrogen and oxygen atoms in total. The molecule has 1 aliphatic carbocycles. The van der Waals surface area contributed by atoms with Crippen LogP contribution in [0.1, 0.15) is 72.4 Å². The molecule has 3 aromatic rings. The first kappa shape index (κ1) is 27.5. The summed E-state index contributed by atoms with van der Waals surface area (Å²) in [6.07, 6.45) is 2.51. The van der Waals surface area contributed by atoms with Crippen molar-refractivity contribution in [3.05, 3.63) is 98.5 Å². The highest BCUT2D eigenvalue weighted by atomic mass is 35.5. The molecule has 1 saturated carbocycles. The Morgan fingerprint density at radius 1 is 1.18 bits per heavy atom. The minimum Gasteiger partial charge on any atom is -0.386 e. The molecule has 1 aromatic heterocycles. The lowest BCUT2D eigenvalue weighted by molar-refractivity contribution is -0.147. The fourth-order valence-corrected chi connectivity index (χ4v) is 5.36. The van der Waals surface area contributed by atoms with Gasteiger partial charge in [-0.15, -0.1) is 0 Å². The Bertz CT molecular complexity index is 1450. The number of ether oxygens (including phenoxy) is 1. The van der Waals surface area contributed by atoms with E-state index in [1.165, 1.54) is 37.1 Å². The second-order valence-corrected chi connectivity index (χ2v) is 11.6. The van der Waals surface area contributed by atoms with E-state index in [1.54, 1.807) is 43.3 Å². The van der Waals surface area contributed by atoms with Gasteiger partial charge in [-0.1, -0.05) is 35.3 Å². The number of aromatic nitrogens is 1. The van der Waals surface area contributed by atoms with Crippen molar-refractivity contribution in [3.63, 3.8) is 0 Å². The molecule has 1 unspecified atom stereocenters. The first-order valence-corrected chi connectivity index (χ1v) is 13.3. The van der Waals surface area contributed by atoms with E-state index in [-0.39, 0.29) is 23.3 Å². The van der Waals surface area contributed by atoms with Crippen LogP contribution >= 0.6 is 23.2 Å². The molecule has 0 saturated heterocycles. The molecule has 2 atom stereocenters. The number of nitrogens with two attached hydrogens (primary N) is 1. The topological polar surface area (TPSA) is 106 Å². The Hall–Kier alpha value is -3.04. The number of primary amides is 1. The predicted octanol–water partition coefficient (Wildman–Crippen LogP) is 5.46. The van der Waals surface area contributed by atoms with Gasteiger partial charge in [0.25, 0.3) is 5.91 Å². The molecule has 5 rings (SSSR count). The molecular weight excluding hydrogens is 544 g/mol. The Labute approximate surface area is 235 Å². The maximum Gasteiger partial charge on any atom is 0.257 e. The zero-order valence-corrected chi connectivity index (χ0v) is 23.2. The largest absolute Gasteiger partial charge is 0.386 e. The van der Waals surface area contributed by atoms with Gasteiger partial charge in [-0.25, -0.2) is 4.39 Å². The van der Waals surface area contributed by atoms with Gasteiger partial charge < -0.3 is 15.6 Å². The third kappa shape index (κ3) is 4.59. The summed E-state index contributed by atoms with van der Waals surface area (Å²) in [5.41, 5.74) is 2.72. The summed E-state index contributed by atoms with van der Waals surface area (Å²) >= 11 is 12.3. The van der Waals surface area contributed by atoms with Crippen LogP contribution in [-0.2, 0) is 20.9 Å². The van der Waals surface area contributed by atoms with Crippen LogP contribution in [0.15, 0.2) is 54.7 Å². The summed E-state index contributed by atoms with van der Waals surface area (Å²) in [5, 5.41) is 11.5. The van der Waals surface area contributed by atoms with Crippen molar-refractivity contribution in [3.8, 4) is 0 Å². The molecule has 39 heavy (non-hydrogen) atoms. The molecule has 10 heteroatoms. The van der Waals surface area contributed by atoms with Gasteiger partial charge in [-0.3, -0.25) is 19.5 Å². The van der Waals surface area contributed by atoms with E-state index in [2.05, 4.69) is 4.98 Å². The second kappa shape index (κ2) is 9.55. The summed E-state index contributed by atoms with van der Waals surface area (Å²) in [7, 11) is 0. The van der Waals surface area contributed by atoms with E-state index in [4.69, 9.17) is 33.7 Å². The lowest BCUT2D eigenvalue weighted by Gasteiger charge is -2.43. The average Bonchev–Trinajstić information content (AvgIpc) is 3.63. The number of hydrogen-bond donors (Lipinski definition) is 2. The summed E-state index contributed by atoms with van der Waals surface area (Å²) in [5.74, 6) is -1.79. The van der Waals surface area contributed by atoms with Crippen molar-refractivity contribution in [2.45, 2.75) is 51.0 Å². The van der Waals surface area contributed by atoms with Crippen LogP contribution < -0.4 is 5.73 Å². The molecule has 1 fully saturated rings. The SMILES string of the molecule is CC(c1ccc(Cl)cn1)N1C(=O)c2cc(C(C)(C)O)cc(F)c2[C@]1(OCC1(C(N)=O)CC1)c1ccc(Cl)cc1. The zero-order valence-electron chi connectivity index (χ0n) is 21.7. The molecule has 0 radical (unpaired) electrons. The van der Waals surface area contributed by atoms with E-state index >= 15 is 4.39 Å². The van der Waals surface area contributed by atoms with Crippen LogP contribution in [0, 0.1) is 11.2 Å². The van der Waals surface area contributed by atoms with Gasteiger partial charge in [0.15, 0.2) is 0 Å². The molecule has 2 amide bonds. The summed E-state index contributed by atoms with van der Waals surface area (Å²) in [4.78, 5) is 32.4. The van der Waals surface area contributed by atoms with E-state index in [0.717, 1.165) is 0 Å². The van der Waals surface area contributed by atoms with Gasteiger partial charge in [0, 0.05) is 16.8 Å². The average molecular weight is 572 g/mol. The van der Waals surface area contributed by atoms with Crippen LogP contribution in [0.25, 0.3) is 0 Å². The molecule has 1 aliphatic heterocycles. The number of halogens is 3. The third-order valence-corrected chi connectivity index (χ3v) is 8.13. The first-order chi connectivity index (χ1) is 18.3. The number of aliphatic hydroxyl groups is 1. The van der Waals surface area contributed by atoms with Gasteiger partial charge in [0.2, 0.25) is 11.6 Å². The third-order valence-electron chi connectivity index (χ3n) is 7.66. The number of rotatable bonds is 8. The smallest absolute Gasteiger partial charge is 0.257 e. The van der Waals surface area contributed by atoms with Crippen molar-refractivity contribution >= 4 is 35.0 Å². The van der Waals surface area contributed by atoms with Gasteiger partial charge in [0.05, 0.1) is 45.5 Å². The molecule has 2 aromatic carbocycles.